The number of hydrogen-bond acceptors (Lipinski definition) is 5. The van der Waals surface area contributed by atoms with Crippen molar-refractivity contribution in [2.45, 2.75) is 37.8 Å². The van der Waals surface area contributed by atoms with E-state index in [1.54, 1.807) is 4.68 Å². The third kappa shape index (κ3) is 3.58. The lowest BCUT2D eigenvalue weighted by atomic mass is 10.0. The Morgan fingerprint density at radius 3 is 2.43 bits per heavy atom. The molecule has 1 fully saturated rings. The van der Waals surface area contributed by atoms with Crippen LogP contribution in [0.5, 0.6) is 0 Å². The van der Waals surface area contributed by atoms with Gasteiger partial charge in [0, 0.05) is 6.04 Å². The van der Waals surface area contributed by atoms with Gasteiger partial charge in [-0.15, -0.1) is 0 Å². The van der Waals surface area contributed by atoms with E-state index in [0.29, 0.717) is 5.95 Å². The summed E-state index contributed by atoms with van der Waals surface area (Å²) in [7, 11) is 0. The molecule has 2 aliphatic rings. The standard InChI is InChI=1S/C23H24N6O/c30-22(24-19-13-7-8-14-19)16-28-20(17-9-3-1-4-10-17)15-21(18-11-5-2-6-12-18)29-23(28)25-26-27-29/h1-6,9-12,15,19,21H,7-8,13-14,16H2,(H,24,30)/t21-/m0/s1. The van der Waals surface area contributed by atoms with E-state index in [9.17, 15) is 4.79 Å². The van der Waals surface area contributed by atoms with Crippen molar-refractivity contribution in [1.29, 1.82) is 0 Å². The Balaban J connectivity index is 1.52. The van der Waals surface area contributed by atoms with Gasteiger partial charge in [-0.25, -0.2) is 0 Å². The summed E-state index contributed by atoms with van der Waals surface area (Å²) in [6.45, 7) is 0.180. The highest BCUT2D eigenvalue weighted by atomic mass is 16.2. The first-order valence-corrected chi connectivity index (χ1v) is 10.5. The van der Waals surface area contributed by atoms with Crippen molar-refractivity contribution in [2.24, 2.45) is 0 Å². The van der Waals surface area contributed by atoms with E-state index in [1.165, 1.54) is 12.8 Å². The van der Waals surface area contributed by atoms with Crippen molar-refractivity contribution in [3.05, 3.63) is 77.9 Å². The van der Waals surface area contributed by atoms with Gasteiger partial charge in [0.2, 0.25) is 5.91 Å². The quantitative estimate of drug-likeness (QED) is 0.712. The Morgan fingerprint density at radius 2 is 1.70 bits per heavy atom. The molecule has 1 aliphatic carbocycles. The topological polar surface area (TPSA) is 75.9 Å². The fourth-order valence-electron chi connectivity index (χ4n) is 4.36. The fourth-order valence-corrected chi connectivity index (χ4v) is 4.36. The summed E-state index contributed by atoms with van der Waals surface area (Å²) < 4.78 is 1.78. The maximum atomic E-state index is 12.9. The van der Waals surface area contributed by atoms with Gasteiger partial charge in [0.05, 0.1) is 5.70 Å². The minimum Gasteiger partial charge on any atom is -0.352 e. The van der Waals surface area contributed by atoms with Crippen LogP contribution >= 0.6 is 0 Å². The van der Waals surface area contributed by atoms with Crippen molar-refractivity contribution in [2.75, 3.05) is 11.4 Å². The van der Waals surface area contributed by atoms with Crippen LogP contribution in [0.1, 0.15) is 42.9 Å². The van der Waals surface area contributed by atoms with E-state index in [-0.39, 0.29) is 24.5 Å². The van der Waals surface area contributed by atoms with E-state index >= 15 is 0 Å². The van der Waals surface area contributed by atoms with Crippen molar-refractivity contribution < 1.29 is 4.79 Å². The molecule has 1 N–H and O–H groups in total. The van der Waals surface area contributed by atoms with E-state index < -0.39 is 0 Å². The summed E-state index contributed by atoms with van der Waals surface area (Å²) in [6, 6.07) is 20.4. The summed E-state index contributed by atoms with van der Waals surface area (Å²) in [5, 5.41) is 15.6. The Hall–Kier alpha value is -3.48. The Labute approximate surface area is 175 Å². The first kappa shape index (κ1) is 18.5. The SMILES string of the molecule is O=C(CN1C(c2ccccc2)=C[C@@H](c2ccccc2)n2nnnc21)NC1CCCC1. The molecule has 3 aromatic rings. The van der Waals surface area contributed by atoms with E-state index in [4.69, 9.17) is 0 Å². The van der Waals surface area contributed by atoms with Gasteiger partial charge in [0.1, 0.15) is 12.6 Å². The summed E-state index contributed by atoms with van der Waals surface area (Å²) in [5.74, 6) is 0.572. The van der Waals surface area contributed by atoms with Crippen LogP contribution in [0.15, 0.2) is 66.7 Å². The van der Waals surface area contributed by atoms with E-state index in [2.05, 4.69) is 51.2 Å². The highest BCUT2D eigenvalue weighted by molar-refractivity contribution is 5.89. The molecule has 2 heterocycles. The maximum Gasteiger partial charge on any atom is 0.251 e. The van der Waals surface area contributed by atoms with Gasteiger partial charge in [-0.2, -0.15) is 4.68 Å². The normalized spacial score (nSPS) is 18.7. The average molecular weight is 400 g/mol. The number of allylic oxidation sites excluding steroid dienone is 1. The minimum atomic E-state index is -0.138. The molecule has 1 aromatic heterocycles. The summed E-state index contributed by atoms with van der Waals surface area (Å²) in [6.07, 6.45) is 6.61. The summed E-state index contributed by atoms with van der Waals surface area (Å²) >= 11 is 0. The number of anilines is 1. The van der Waals surface area contributed by atoms with Gasteiger partial charge >= 0.3 is 0 Å². The van der Waals surface area contributed by atoms with E-state index in [0.717, 1.165) is 29.7 Å². The second-order valence-corrected chi connectivity index (χ2v) is 7.83. The number of nitrogens with zero attached hydrogens (tertiary/aromatic N) is 5. The van der Waals surface area contributed by atoms with Crippen LogP contribution in [0.2, 0.25) is 0 Å². The van der Waals surface area contributed by atoms with Crippen LogP contribution in [0.3, 0.4) is 0 Å². The summed E-state index contributed by atoms with van der Waals surface area (Å²) in [5.41, 5.74) is 3.06. The van der Waals surface area contributed by atoms with Crippen LogP contribution in [0.4, 0.5) is 5.95 Å². The van der Waals surface area contributed by atoms with Gasteiger partial charge in [-0.05, 0) is 40.5 Å². The number of aromatic nitrogens is 4. The zero-order valence-electron chi connectivity index (χ0n) is 16.7. The molecule has 1 aliphatic heterocycles. The van der Waals surface area contributed by atoms with Crippen molar-refractivity contribution in [3.63, 3.8) is 0 Å². The second-order valence-electron chi connectivity index (χ2n) is 7.83. The minimum absolute atomic E-state index is 0.00329. The van der Waals surface area contributed by atoms with Crippen LogP contribution in [-0.2, 0) is 4.79 Å². The number of nitrogens with one attached hydrogen (secondary N) is 1. The Kier molecular flexibility index (Phi) is 5.01. The van der Waals surface area contributed by atoms with E-state index in [1.807, 2.05) is 41.3 Å². The highest BCUT2D eigenvalue weighted by Gasteiger charge is 2.32. The monoisotopic (exact) mass is 400 g/mol. The number of tetrazole rings is 1. The van der Waals surface area contributed by atoms with Crippen molar-refractivity contribution in [3.8, 4) is 0 Å². The number of amides is 1. The first-order chi connectivity index (χ1) is 14.8. The largest absolute Gasteiger partial charge is 0.352 e. The predicted octanol–water partition coefficient (Wildman–Crippen LogP) is 3.18. The number of fused-ring (bicyclic) bond motifs is 1. The van der Waals surface area contributed by atoms with Gasteiger partial charge in [-0.1, -0.05) is 78.6 Å². The first-order valence-electron chi connectivity index (χ1n) is 10.5. The van der Waals surface area contributed by atoms with Crippen LogP contribution in [-0.4, -0.2) is 38.7 Å². The second kappa shape index (κ2) is 8.10. The number of benzene rings is 2. The Morgan fingerprint density at radius 1 is 1.00 bits per heavy atom. The zero-order chi connectivity index (χ0) is 20.3. The smallest absolute Gasteiger partial charge is 0.251 e. The molecule has 0 radical (unpaired) electrons. The molecule has 0 spiro atoms. The third-order valence-electron chi connectivity index (χ3n) is 5.82. The van der Waals surface area contributed by atoms with Crippen molar-refractivity contribution >= 4 is 17.6 Å². The molecule has 0 saturated heterocycles. The number of rotatable bonds is 5. The van der Waals surface area contributed by atoms with Gasteiger partial charge in [-0.3, -0.25) is 9.69 Å². The molecule has 0 bridgehead atoms. The van der Waals surface area contributed by atoms with Crippen LogP contribution in [0, 0.1) is 0 Å². The van der Waals surface area contributed by atoms with Crippen LogP contribution < -0.4 is 10.2 Å². The molecule has 152 valence electrons. The number of carbonyl (C=O) groups excluding carboxylic acids is 1. The zero-order valence-corrected chi connectivity index (χ0v) is 16.7. The number of hydrogen-bond donors (Lipinski definition) is 1. The molecular formula is C23H24N6O. The van der Waals surface area contributed by atoms with Gasteiger partial charge in [0.15, 0.2) is 0 Å². The lowest BCUT2D eigenvalue weighted by Gasteiger charge is -2.32. The summed E-state index contributed by atoms with van der Waals surface area (Å²) in [4.78, 5) is 14.8. The molecule has 7 nitrogen and oxygen atoms in total. The average Bonchev–Trinajstić information content (AvgIpc) is 3.47. The Bertz CT molecular complexity index is 1040. The van der Waals surface area contributed by atoms with Crippen molar-refractivity contribution in [1.82, 2.24) is 25.5 Å². The fraction of sp³-hybridized carbons (Fsp3) is 0.304. The molecule has 1 amide bonds. The van der Waals surface area contributed by atoms with Gasteiger partial charge in [0.25, 0.3) is 5.95 Å². The molecule has 1 atom stereocenters. The lowest BCUT2D eigenvalue weighted by molar-refractivity contribution is -0.120. The molecule has 2 aromatic carbocycles. The molecule has 1 saturated carbocycles. The molecule has 30 heavy (non-hydrogen) atoms. The lowest BCUT2D eigenvalue weighted by Crippen LogP contribution is -2.42. The molecule has 5 rings (SSSR count). The van der Waals surface area contributed by atoms with Gasteiger partial charge < -0.3 is 5.32 Å². The molecule has 7 heteroatoms. The van der Waals surface area contributed by atoms with Crippen LogP contribution in [0.25, 0.3) is 5.70 Å². The third-order valence-corrected chi connectivity index (χ3v) is 5.82. The predicted molar refractivity (Wildman–Crippen MR) is 115 cm³/mol. The maximum absolute atomic E-state index is 12.9. The number of carbonyl (C=O) groups is 1. The highest BCUT2D eigenvalue weighted by Crippen LogP contribution is 2.35. The molecular weight excluding hydrogens is 376 g/mol. The molecule has 0 unspecified atom stereocenters.